The fourth-order valence-electron chi connectivity index (χ4n) is 0.848. The summed E-state index contributed by atoms with van der Waals surface area (Å²) in [4.78, 5) is 0. The van der Waals surface area contributed by atoms with E-state index in [0.717, 1.165) is 12.8 Å². The predicted molar refractivity (Wildman–Crippen MR) is 42.2 cm³/mol. The zero-order valence-electron chi connectivity index (χ0n) is 6.97. The molecule has 0 rings (SSSR count). The standard InChI is InChI=1S/C8H18NO/c1-3-4-5-8(9)7(2)6-10/h7-8H,3-6,9H2,1-2H3. The number of hydrogen-bond acceptors (Lipinski definition) is 1. The van der Waals surface area contributed by atoms with Gasteiger partial charge in [-0.2, -0.15) is 0 Å². The van der Waals surface area contributed by atoms with E-state index in [4.69, 9.17) is 5.73 Å². The minimum atomic E-state index is -0.0368. The first kappa shape index (κ1) is 9.92. The van der Waals surface area contributed by atoms with E-state index in [9.17, 15) is 5.11 Å². The van der Waals surface area contributed by atoms with Crippen molar-refractivity contribution in [2.75, 3.05) is 6.61 Å². The average molecular weight is 144 g/mol. The minimum Gasteiger partial charge on any atom is -0.327 e. The molecule has 2 heteroatoms. The summed E-state index contributed by atoms with van der Waals surface area (Å²) < 4.78 is 0. The Hall–Kier alpha value is -0.0800. The molecule has 2 unspecified atom stereocenters. The molecule has 2 nitrogen and oxygen atoms in total. The molecule has 0 fully saturated rings. The summed E-state index contributed by atoms with van der Waals surface area (Å²) in [5.74, 6) is 0.145. The second kappa shape index (κ2) is 5.69. The van der Waals surface area contributed by atoms with E-state index >= 15 is 0 Å². The van der Waals surface area contributed by atoms with E-state index < -0.39 is 0 Å². The molecule has 0 aromatic heterocycles. The topological polar surface area (TPSA) is 45.9 Å². The van der Waals surface area contributed by atoms with Crippen molar-refractivity contribution in [3.8, 4) is 0 Å². The third-order valence-corrected chi connectivity index (χ3v) is 1.88. The molecule has 0 aromatic rings. The maximum absolute atomic E-state index is 10.4. The Kier molecular flexibility index (Phi) is 5.64. The van der Waals surface area contributed by atoms with Gasteiger partial charge in [-0.25, -0.2) is 5.11 Å². The highest BCUT2D eigenvalue weighted by Crippen LogP contribution is 2.07. The van der Waals surface area contributed by atoms with Crippen molar-refractivity contribution in [3.63, 3.8) is 0 Å². The molecule has 0 saturated heterocycles. The van der Waals surface area contributed by atoms with Gasteiger partial charge in [-0.05, 0) is 12.3 Å². The summed E-state index contributed by atoms with van der Waals surface area (Å²) in [5, 5.41) is 10.4. The van der Waals surface area contributed by atoms with E-state index in [2.05, 4.69) is 6.92 Å². The van der Waals surface area contributed by atoms with E-state index in [0.29, 0.717) is 0 Å². The van der Waals surface area contributed by atoms with Crippen LogP contribution < -0.4 is 5.73 Å². The second-order valence-electron chi connectivity index (χ2n) is 2.95. The lowest BCUT2D eigenvalue weighted by Gasteiger charge is -2.15. The molecule has 61 valence electrons. The van der Waals surface area contributed by atoms with Gasteiger partial charge in [-0.15, -0.1) is 0 Å². The SMILES string of the molecule is CCCCC(N)C(C)C[O]. The molecule has 0 amide bonds. The monoisotopic (exact) mass is 144 g/mol. The number of hydrogen-bond donors (Lipinski definition) is 1. The average Bonchev–Trinajstić information content (AvgIpc) is 1.98. The van der Waals surface area contributed by atoms with Gasteiger partial charge in [0.2, 0.25) is 0 Å². The summed E-state index contributed by atoms with van der Waals surface area (Å²) in [6.07, 6.45) is 3.31. The summed E-state index contributed by atoms with van der Waals surface area (Å²) in [7, 11) is 0. The molecular weight excluding hydrogens is 126 g/mol. The fourth-order valence-corrected chi connectivity index (χ4v) is 0.848. The van der Waals surface area contributed by atoms with Gasteiger partial charge >= 0.3 is 0 Å². The van der Waals surface area contributed by atoms with Gasteiger partial charge in [-0.3, -0.25) is 0 Å². The van der Waals surface area contributed by atoms with E-state index in [1.807, 2.05) is 6.92 Å². The molecule has 0 saturated carbocycles. The van der Waals surface area contributed by atoms with Gasteiger partial charge in [0.15, 0.2) is 0 Å². The smallest absolute Gasteiger partial charge is 0.0862 e. The van der Waals surface area contributed by atoms with Crippen LogP contribution in [0.4, 0.5) is 0 Å². The Bertz CT molecular complexity index is 75.7. The molecule has 1 radical (unpaired) electrons. The molecule has 0 aliphatic rings. The van der Waals surface area contributed by atoms with Crippen LogP contribution >= 0.6 is 0 Å². The van der Waals surface area contributed by atoms with Gasteiger partial charge in [0.1, 0.15) is 0 Å². The summed E-state index contributed by atoms with van der Waals surface area (Å²) in [5.41, 5.74) is 5.71. The van der Waals surface area contributed by atoms with Gasteiger partial charge < -0.3 is 5.73 Å². The van der Waals surface area contributed by atoms with Gasteiger partial charge in [0, 0.05) is 6.04 Å². The van der Waals surface area contributed by atoms with E-state index in [-0.39, 0.29) is 18.6 Å². The Balaban J connectivity index is 3.31. The van der Waals surface area contributed by atoms with Crippen LogP contribution in [0.2, 0.25) is 0 Å². The highest BCUT2D eigenvalue weighted by atomic mass is 16.3. The fraction of sp³-hybridized carbons (Fsp3) is 1.00. The third-order valence-electron chi connectivity index (χ3n) is 1.88. The molecule has 2 N–H and O–H groups in total. The molecular formula is C8H18NO. The Morgan fingerprint density at radius 3 is 2.50 bits per heavy atom. The van der Waals surface area contributed by atoms with E-state index in [1.54, 1.807) is 0 Å². The largest absolute Gasteiger partial charge is 0.327 e. The first-order valence-corrected chi connectivity index (χ1v) is 4.06. The van der Waals surface area contributed by atoms with Crippen LogP contribution in [-0.2, 0) is 5.11 Å². The van der Waals surface area contributed by atoms with Gasteiger partial charge in [0.25, 0.3) is 0 Å². The van der Waals surface area contributed by atoms with Crippen molar-refractivity contribution in [1.29, 1.82) is 0 Å². The molecule has 0 aromatic carbocycles. The zero-order valence-corrected chi connectivity index (χ0v) is 6.97. The highest BCUT2D eigenvalue weighted by molar-refractivity contribution is 4.67. The maximum atomic E-state index is 10.4. The predicted octanol–water partition coefficient (Wildman–Crippen LogP) is 1.57. The highest BCUT2D eigenvalue weighted by Gasteiger charge is 2.10. The van der Waals surface area contributed by atoms with Crippen molar-refractivity contribution in [3.05, 3.63) is 0 Å². The number of rotatable bonds is 5. The van der Waals surface area contributed by atoms with Crippen LogP contribution in [-0.4, -0.2) is 12.6 Å². The Morgan fingerprint density at radius 2 is 2.10 bits per heavy atom. The molecule has 10 heavy (non-hydrogen) atoms. The number of unbranched alkanes of at least 4 members (excludes halogenated alkanes) is 1. The molecule has 0 spiro atoms. The first-order valence-electron chi connectivity index (χ1n) is 4.06. The summed E-state index contributed by atoms with van der Waals surface area (Å²) in [6.45, 7) is 4.02. The van der Waals surface area contributed by atoms with Gasteiger partial charge in [-0.1, -0.05) is 26.7 Å². The zero-order chi connectivity index (χ0) is 7.98. The lowest BCUT2D eigenvalue weighted by atomic mass is 9.99. The van der Waals surface area contributed by atoms with Crippen molar-refractivity contribution in [2.24, 2.45) is 11.7 Å². The van der Waals surface area contributed by atoms with Crippen molar-refractivity contribution in [1.82, 2.24) is 0 Å². The van der Waals surface area contributed by atoms with Crippen molar-refractivity contribution in [2.45, 2.75) is 39.2 Å². The quantitative estimate of drug-likeness (QED) is 0.625. The van der Waals surface area contributed by atoms with Crippen LogP contribution in [0.25, 0.3) is 0 Å². The van der Waals surface area contributed by atoms with E-state index in [1.165, 1.54) is 6.42 Å². The lowest BCUT2D eigenvalue weighted by molar-refractivity contribution is 0.136. The minimum absolute atomic E-state index is 0.0368. The Labute approximate surface area is 63.4 Å². The van der Waals surface area contributed by atoms with Crippen LogP contribution in [0, 0.1) is 5.92 Å². The number of nitrogens with two attached hydrogens (primary N) is 1. The molecule has 0 bridgehead atoms. The van der Waals surface area contributed by atoms with Crippen molar-refractivity contribution >= 4 is 0 Å². The lowest BCUT2D eigenvalue weighted by Crippen LogP contribution is -2.29. The summed E-state index contributed by atoms with van der Waals surface area (Å²) >= 11 is 0. The van der Waals surface area contributed by atoms with Crippen LogP contribution in [0.3, 0.4) is 0 Å². The maximum Gasteiger partial charge on any atom is 0.0862 e. The molecule has 0 heterocycles. The Morgan fingerprint density at radius 1 is 1.50 bits per heavy atom. The molecule has 2 atom stereocenters. The third kappa shape index (κ3) is 3.85. The van der Waals surface area contributed by atoms with Crippen LogP contribution in [0.15, 0.2) is 0 Å². The van der Waals surface area contributed by atoms with Crippen LogP contribution in [0.5, 0.6) is 0 Å². The normalized spacial score (nSPS) is 16.8. The van der Waals surface area contributed by atoms with Crippen molar-refractivity contribution < 1.29 is 5.11 Å². The molecule has 0 aliphatic carbocycles. The van der Waals surface area contributed by atoms with Crippen LogP contribution in [0.1, 0.15) is 33.1 Å². The second-order valence-corrected chi connectivity index (χ2v) is 2.95. The van der Waals surface area contributed by atoms with Gasteiger partial charge in [0.05, 0.1) is 6.61 Å². The first-order chi connectivity index (χ1) is 4.72. The molecule has 0 aliphatic heterocycles. The summed E-state index contributed by atoms with van der Waals surface area (Å²) in [6, 6.07) is 0.123.